The smallest absolute Gasteiger partial charge is 0.338 e. The van der Waals surface area contributed by atoms with Gasteiger partial charge in [-0.2, -0.15) is 0 Å². The molecule has 0 bridgehead atoms. The van der Waals surface area contributed by atoms with Gasteiger partial charge in [-0.15, -0.1) is 0 Å². The SMILES string of the molecule is CCCCCCCCNc1ccc(C(=O)OCCN(C)C)cc1OC. The summed E-state index contributed by atoms with van der Waals surface area (Å²) in [5, 5.41) is 3.40. The number of anilines is 1. The van der Waals surface area contributed by atoms with Crippen molar-refractivity contribution in [2.75, 3.05) is 46.2 Å². The van der Waals surface area contributed by atoms with Crippen molar-refractivity contribution >= 4 is 11.7 Å². The van der Waals surface area contributed by atoms with Gasteiger partial charge in [0.15, 0.2) is 0 Å². The highest BCUT2D eigenvalue weighted by Crippen LogP contribution is 2.26. The molecular weight excluding hydrogens is 316 g/mol. The summed E-state index contributed by atoms with van der Waals surface area (Å²) in [4.78, 5) is 14.0. The van der Waals surface area contributed by atoms with Crippen molar-refractivity contribution < 1.29 is 14.3 Å². The molecule has 0 unspecified atom stereocenters. The second kappa shape index (κ2) is 12.6. The van der Waals surface area contributed by atoms with E-state index >= 15 is 0 Å². The van der Waals surface area contributed by atoms with Crippen LogP contribution in [0.25, 0.3) is 0 Å². The number of unbranched alkanes of at least 4 members (excludes halogenated alkanes) is 5. The predicted molar refractivity (Wildman–Crippen MR) is 104 cm³/mol. The summed E-state index contributed by atoms with van der Waals surface area (Å²) >= 11 is 0. The predicted octanol–water partition coefficient (Wildman–Crippen LogP) is 4.19. The van der Waals surface area contributed by atoms with Crippen molar-refractivity contribution in [2.24, 2.45) is 0 Å². The maximum atomic E-state index is 12.1. The van der Waals surface area contributed by atoms with Crippen LogP contribution < -0.4 is 10.1 Å². The Kier molecular flexibility index (Phi) is 10.7. The first-order valence-electron chi connectivity index (χ1n) is 9.32. The molecule has 0 saturated heterocycles. The van der Waals surface area contributed by atoms with E-state index in [1.807, 2.05) is 25.1 Å². The van der Waals surface area contributed by atoms with Crippen LogP contribution in [0.3, 0.4) is 0 Å². The molecular formula is C20H34N2O3. The quantitative estimate of drug-likeness (QED) is 0.427. The summed E-state index contributed by atoms with van der Waals surface area (Å²) in [5.41, 5.74) is 1.43. The van der Waals surface area contributed by atoms with Crippen LogP contribution in [0.15, 0.2) is 18.2 Å². The summed E-state index contributed by atoms with van der Waals surface area (Å²) in [5.74, 6) is 0.357. The number of hydrogen-bond donors (Lipinski definition) is 1. The van der Waals surface area contributed by atoms with E-state index < -0.39 is 0 Å². The number of nitrogens with zero attached hydrogens (tertiary/aromatic N) is 1. The summed E-state index contributed by atoms with van der Waals surface area (Å²) in [6.45, 7) is 4.23. The second-order valence-electron chi connectivity index (χ2n) is 6.55. The molecule has 1 aromatic carbocycles. The molecule has 5 nitrogen and oxygen atoms in total. The summed E-state index contributed by atoms with van der Waals surface area (Å²) in [6.07, 6.45) is 7.61. The van der Waals surface area contributed by atoms with Gasteiger partial charge in [0.05, 0.1) is 18.4 Å². The molecule has 25 heavy (non-hydrogen) atoms. The van der Waals surface area contributed by atoms with Crippen LogP contribution in [-0.4, -0.2) is 51.8 Å². The minimum Gasteiger partial charge on any atom is -0.495 e. The molecule has 5 heteroatoms. The van der Waals surface area contributed by atoms with Crippen LogP contribution in [0.1, 0.15) is 55.8 Å². The molecule has 0 spiro atoms. The first-order valence-corrected chi connectivity index (χ1v) is 9.32. The van der Waals surface area contributed by atoms with Crippen LogP contribution in [0.5, 0.6) is 5.75 Å². The van der Waals surface area contributed by atoms with Gasteiger partial charge in [0.25, 0.3) is 0 Å². The average molecular weight is 351 g/mol. The number of ether oxygens (including phenoxy) is 2. The summed E-state index contributed by atoms with van der Waals surface area (Å²) in [6, 6.07) is 5.41. The number of nitrogens with one attached hydrogen (secondary N) is 1. The summed E-state index contributed by atoms with van der Waals surface area (Å²) < 4.78 is 10.7. The molecule has 0 saturated carbocycles. The molecule has 1 aromatic rings. The zero-order valence-corrected chi connectivity index (χ0v) is 16.3. The van der Waals surface area contributed by atoms with Gasteiger partial charge in [0.1, 0.15) is 12.4 Å². The lowest BCUT2D eigenvalue weighted by Gasteiger charge is -2.13. The van der Waals surface area contributed by atoms with Gasteiger partial charge in [-0.05, 0) is 38.7 Å². The normalized spacial score (nSPS) is 10.8. The van der Waals surface area contributed by atoms with Crippen molar-refractivity contribution in [1.82, 2.24) is 4.90 Å². The van der Waals surface area contributed by atoms with Gasteiger partial charge < -0.3 is 19.7 Å². The molecule has 0 amide bonds. The van der Waals surface area contributed by atoms with E-state index in [1.54, 1.807) is 19.2 Å². The fourth-order valence-corrected chi connectivity index (χ4v) is 2.50. The third-order valence-corrected chi connectivity index (χ3v) is 4.05. The molecule has 0 heterocycles. The lowest BCUT2D eigenvalue weighted by Crippen LogP contribution is -2.20. The van der Waals surface area contributed by atoms with Crippen molar-refractivity contribution in [3.05, 3.63) is 23.8 Å². The Balaban J connectivity index is 2.44. The van der Waals surface area contributed by atoms with Gasteiger partial charge in [0.2, 0.25) is 0 Å². The van der Waals surface area contributed by atoms with E-state index in [1.165, 1.54) is 32.1 Å². The zero-order valence-electron chi connectivity index (χ0n) is 16.3. The Hall–Kier alpha value is -1.75. The van der Waals surface area contributed by atoms with Gasteiger partial charge in [-0.3, -0.25) is 0 Å². The molecule has 0 fully saturated rings. The molecule has 1 rings (SSSR count). The fraction of sp³-hybridized carbons (Fsp3) is 0.650. The highest BCUT2D eigenvalue weighted by atomic mass is 16.5. The Morgan fingerprint density at radius 2 is 1.84 bits per heavy atom. The van der Waals surface area contributed by atoms with Crippen LogP contribution in [-0.2, 0) is 4.74 Å². The molecule has 0 aliphatic carbocycles. The minimum absolute atomic E-state index is 0.317. The van der Waals surface area contributed by atoms with E-state index in [0.717, 1.165) is 18.7 Å². The van der Waals surface area contributed by atoms with Crippen LogP contribution in [0, 0.1) is 0 Å². The van der Waals surface area contributed by atoms with E-state index in [9.17, 15) is 4.79 Å². The first-order chi connectivity index (χ1) is 12.1. The van der Waals surface area contributed by atoms with Crippen LogP contribution in [0.2, 0.25) is 0 Å². The number of likely N-dealkylation sites (N-methyl/N-ethyl adjacent to an activating group) is 1. The van der Waals surface area contributed by atoms with E-state index in [-0.39, 0.29) is 5.97 Å². The van der Waals surface area contributed by atoms with Gasteiger partial charge in [0, 0.05) is 13.1 Å². The number of hydrogen-bond acceptors (Lipinski definition) is 5. The Morgan fingerprint density at radius 1 is 1.12 bits per heavy atom. The number of methoxy groups -OCH3 is 1. The monoisotopic (exact) mass is 350 g/mol. The standard InChI is InChI=1S/C20H34N2O3/c1-5-6-7-8-9-10-13-21-18-12-11-17(16-19(18)24-4)20(23)25-15-14-22(2)3/h11-12,16,21H,5-10,13-15H2,1-4H3. The van der Waals surface area contributed by atoms with Crippen molar-refractivity contribution in [3.8, 4) is 5.75 Å². The van der Waals surface area contributed by atoms with Crippen molar-refractivity contribution in [1.29, 1.82) is 0 Å². The van der Waals surface area contributed by atoms with Gasteiger partial charge in [-0.25, -0.2) is 4.79 Å². The van der Waals surface area contributed by atoms with Gasteiger partial charge in [-0.1, -0.05) is 39.0 Å². The molecule has 0 aromatic heterocycles. The van der Waals surface area contributed by atoms with Gasteiger partial charge >= 0.3 is 5.97 Å². The highest BCUT2D eigenvalue weighted by molar-refractivity contribution is 5.90. The molecule has 0 radical (unpaired) electrons. The first kappa shape index (κ1) is 21.3. The number of rotatable bonds is 13. The maximum absolute atomic E-state index is 12.1. The molecule has 0 aliphatic heterocycles. The van der Waals surface area contributed by atoms with Crippen molar-refractivity contribution in [3.63, 3.8) is 0 Å². The van der Waals surface area contributed by atoms with E-state index in [0.29, 0.717) is 24.5 Å². The Bertz CT molecular complexity index is 504. The summed E-state index contributed by atoms with van der Waals surface area (Å²) in [7, 11) is 5.51. The maximum Gasteiger partial charge on any atom is 0.338 e. The third kappa shape index (κ3) is 8.77. The van der Waals surface area contributed by atoms with E-state index in [4.69, 9.17) is 9.47 Å². The number of benzene rings is 1. The Morgan fingerprint density at radius 3 is 2.52 bits per heavy atom. The Labute approximate surface area is 152 Å². The number of carbonyl (C=O) groups is 1. The molecule has 1 N–H and O–H groups in total. The van der Waals surface area contributed by atoms with Crippen LogP contribution in [0.4, 0.5) is 5.69 Å². The largest absolute Gasteiger partial charge is 0.495 e. The van der Waals surface area contributed by atoms with Crippen LogP contribution >= 0.6 is 0 Å². The number of carbonyl (C=O) groups excluding carboxylic acids is 1. The second-order valence-corrected chi connectivity index (χ2v) is 6.55. The minimum atomic E-state index is -0.317. The fourth-order valence-electron chi connectivity index (χ4n) is 2.50. The topological polar surface area (TPSA) is 50.8 Å². The molecule has 0 aliphatic rings. The van der Waals surface area contributed by atoms with Crippen molar-refractivity contribution in [2.45, 2.75) is 45.4 Å². The third-order valence-electron chi connectivity index (χ3n) is 4.05. The molecule has 142 valence electrons. The lowest BCUT2D eigenvalue weighted by molar-refractivity contribution is 0.0481. The lowest BCUT2D eigenvalue weighted by atomic mass is 10.1. The zero-order chi connectivity index (χ0) is 18.5. The number of esters is 1. The van der Waals surface area contributed by atoms with E-state index in [2.05, 4.69) is 12.2 Å². The average Bonchev–Trinajstić information content (AvgIpc) is 2.60. The molecule has 0 atom stereocenters. The highest BCUT2D eigenvalue weighted by Gasteiger charge is 2.11.